The molecule has 0 saturated heterocycles. The van der Waals surface area contributed by atoms with Crippen LogP contribution in [0.25, 0.3) is 11.4 Å². The first-order valence-corrected chi connectivity index (χ1v) is 7.93. The predicted octanol–water partition coefficient (Wildman–Crippen LogP) is 3.19. The second-order valence-electron chi connectivity index (χ2n) is 4.93. The summed E-state index contributed by atoms with van der Waals surface area (Å²) in [6.45, 7) is 0.562. The van der Waals surface area contributed by atoms with Gasteiger partial charge in [-0.3, -0.25) is 15.2 Å². The van der Waals surface area contributed by atoms with Gasteiger partial charge in [0.2, 0.25) is 0 Å². The third-order valence-corrected chi connectivity index (χ3v) is 3.86. The van der Waals surface area contributed by atoms with Crippen molar-refractivity contribution >= 4 is 27.4 Å². The second-order valence-corrected chi connectivity index (χ2v) is 5.78. The third-order valence-electron chi connectivity index (χ3n) is 3.26. The molecule has 9 heteroatoms. The molecule has 0 spiro atoms. The van der Waals surface area contributed by atoms with E-state index >= 15 is 0 Å². The fraction of sp³-hybridized carbons (Fsp3) is 0.133. The van der Waals surface area contributed by atoms with E-state index < -0.39 is 4.92 Å². The first-order chi connectivity index (χ1) is 11.6. The quantitative estimate of drug-likeness (QED) is 0.495. The maximum atomic E-state index is 10.7. The van der Waals surface area contributed by atoms with Gasteiger partial charge in [0.25, 0.3) is 5.69 Å². The zero-order valence-electron chi connectivity index (χ0n) is 12.4. The Morgan fingerprint density at radius 2 is 2.08 bits per heavy atom. The molecule has 3 rings (SSSR count). The molecule has 0 fully saturated rings. The standard InChI is InChI=1S/C15H13BrN6O2/c16-12-8-11(22(23)24)9-18-15(12)17-7-6-13-19-14(21-20-13)10-4-2-1-3-5-10/h1-5,8-9H,6-7H2,(H,17,18)(H,19,20,21). The summed E-state index contributed by atoms with van der Waals surface area (Å²) in [4.78, 5) is 18.7. The molecule has 0 bridgehead atoms. The molecule has 122 valence electrons. The van der Waals surface area contributed by atoms with Crippen LogP contribution in [-0.2, 0) is 6.42 Å². The van der Waals surface area contributed by atoms with Gasteiger partial charge in [-0.05, 0) is 15.9 Å². The lowest BCUT2D eigenvalue weighted by Crippen LogP contribution is -2.08. The van der Waals surface area contributed by atoms with Crippen molar-refractivity contribution in [1.82, 2.24) is 20.2 Å². The van der Waals surface area contributed by atoms with Crippen molar-refractivity contribution in [3.63, 3.8) is 0 Å². The van der Waals surface area contributed by atoms with E-state index in [4.69, 9.17) is 0 Å². The Balaban J connectivity index is 1.59. The van der Waals surface area contributed by atoms with Crippen molar-refractivity contribution in [2.45, 2.75) is 6.42 Å². The van der Waals surface area contributed by atoms with E-state index in [0.717, 1.165) is 11.4 Å². The number of pyridine rings is 1. The number of nitro groups is 1. The van der Waals surface area contributed by atoms with E-state index in [9.17, 15) is 10.1 Å². The molecule has 0 saturated carbocycles. The molecule has 0 atom stereocenters. The molecule has 3 aromatic rings. The minimum absolute atomic E-state index is 0.0600. The molecule has 2 heterocycles. The van der Waals surface area contributed by atoms with Crippen molar-refractivity contribution in [3.8, 4) is 11.4 Å². The normalized spacial score (nSPS) is 10.5. The largest absolute Gasteiger partial charge is 0.369 e. The Bertz CT molecular complexity index is 852. The molecule has 0 radical (unpaired) electrons. The van der Waals surface area contributed by atoms with E-state index in [1.807, 2.05) is 30.3 Å². The van der Waals surface area contributed by atoms with Crippen LogP contribution in [0.1, 0.15) is 5.82 Å². The average molecular weight is 389 g/mol. The molecular formula is C15H13BrN6O2. The van der Waals surface area contributed by atoms with Crippen molar-refractivity contribution in [3.05, 3.63) is 63.0 Å². The molecule has 0 aliphatic rings. The lowest BCUT2D eigenvalue weighted by Gasteiger charge is -2.05. The topological polar surface area (TPSA) is 110 Å². The molecule has 0 aliphatic heterocycles. The van der Waals surface area contributed by atoms with Crippen LogP contribution < -0.4 is 5.32 Å². The van der Waals surface area contributed by atoms with E-state index in [1.54, 1.807) is 0 Å². The van der Waals surface area contributed by atoms with Gasteiger partial charge in [-0.2, -0.15) is 5.10 Å². The van der Waals surface area contributed by atoms with Crippen LogP contribution in [0.5, 0.6) is 0 Å². The highest BCUT2D eigenvalue weighted by molar-refractivity contribution is 9.10. The van der Waals surface area contributed by atoms with Gasteiger partial charge in [0.15, 0.2) is 5.82 Å². The van der Waals surface area contributed by atoms with E-state index in [2.05, 4.69) is 41.4 Å². The zero-order valence-corrected chi connectivity index (χ0v) is 14.0. The van der Waals surface area contributed by atoms with Gasteiger partial charge < -0.3 is 5.32 Å². The number of rotatable bonds is 6. The lowest BCUT2D eigenvalue weighted by molar-refractivity contribution is -0.385. The van der Waals surface area contributed by atoms with Crippen molar-refractivity contribution in [1.29, 1.82) is 0 Å². The SMILES string of the molecule is O=[N+]([O-])c1cnc(NCCc2nc(-c3ccccc3)n[nH]2)c(Br)c1. The lowest BCUT2D eigenvalue weighted by atomic mass is 10.2. The van der Waals surface area contributed by atoms with Crippen LogP contribution in [0, 0.1) is 10.1 Å². The molecule has 8 nitrogen and oxygen atoms in total. The molecular weight excluding hydrogens is 376 g/mol. The Kier molecular flexibility index (Phi) is 4.80. The molecule has 24 heavy (non-hydrogen) atoms. The van der Waals surface area contributed by atoms with E-state index in [-0.39, 0.29) is 5.69 Å². The number of nitrogens with zero attached hydrogens (tertiary/aromatic N) is 4. The molecule has 0 aliphatic carbocycles. The van der Waals surface area contributed by atoms with Crippen LogP contribution in [-0.4, -0.2) is 31.6 Å². The predicted molar refractivity (Wildman–Crippen MR) is 92.6 cm³/mol. The van der Waals surface area contributed by atoms with Crippen molar-refractivity contribution < 1.29 is 4.92 Å². The fourth-order valence-corrected chi connectivity index (χ4v) is 2.56. The monoisotopic (exact) mass is 388 g/mol. The summed E-state index contributed by atoms with van der Waals surface area (Å²) in [5, 5.41) is 20.9. The fourth-order valence-electron chi connectivity index (χ4n) is 2.08. The maximum Gasteiger partial charge on any atom is 0.288 e. The van der Waals surface area contributed by atoms with Crippen LogP contribution in [0.4, 0.5) is 11.5 Å². The summed E-state index contributed by atoms with van der Waals surface area (Å²) < 4.78 is 0.541. The summed E-state index contributed by atoms with van der Waals surface area (Å²) in [7, 11) is 0. The van der Waals surface area contributed by atoms with Gasteiger partial charge in [0.1, 0.15) is 17.8 Å². The number of benzene rings is 1. The van der Waals surface area contributed by atoms with Gasteiger partial charge >= 0.3 is 0 Å². The summed E-state index contributed by atoms with van der Waals surface area (Å²) in [5.41, 5.74) is 0.892. The van der Waals surface area contributed by atoms with Crippen LogP contribution in [0.2, 0.25) is 0 Å². The molecule has 0 unspecified atom stereocenters. The number of H-pyrrole nitrogens is 1. The first-order valence-electron chi connectivity index (χ1n) is 7.14. The van der Waals surface area contributed by atoms with Crippen molar-refractivity contribution in [2.75, 3.05) is 11.9 Å². The number of aromatic nitrogens is 4. The van der Waals surface area contributed by atoms with Crippen LogP contribution >= 0.6 is 15.9 Å². The van der Waals surface area contributed by atoms with Crippen LogP contribution in [0.3, 0.4) is 0 Å². The second kappa shape index (κ2) is 7.18. The van der Waals surface area contributed by atoms with E-state index in [1.165, 1.54) is 12.3 Å². The highest BCUT2D eigenvalue weighted by atomic mass is 79.9. The first kappa shape index (κ1) is 16.1. The highest BCUT2D eigenvalue weighted by Crippen LogP contribution is 2.24. The van der Waals surface area contributed by atoms with Gasteiger partial charge in [0, 0.05) is 24.6 Å². The average Bonchev–Trinajstić information content (AvgIpc) is 3.06. The number of hydrogen-bond acceptors (Lipinski definition) is 6. The zero-order chi connectivity index (χ0) is 16.9. The van der Waals surface area contributed by atoms with Crippen LogP contribution in [0.15, 0.2) is 47.1 Å². The number of anilines is 1. The molecule has 0 amide bonds. The van der Waals surface area contributed by atoms with Gasteiger partial charge in [0.05, 0.1) is 9.40 Å². The molecule has 1 aromatic carbocycles. The summed E-state index contributed by atoms with van der Waals surface area (Å²) in [6.07, 6.45) is 1.83. The van der Waals surface area contributed by atoms with E-state index in [0.29, 0.717) is 29.1 Å². The third kappa shape index (κ3) is 3.74. The van der Waals surface area contributed by atoms with Gasteiger partial charge in [-0.1, -0.05) is 30.3 Å². The highest BCUT2D eigenvalue weighted by Gasteiger charge is 2.11. The summed E-state index contributed by atoms with van der Waals surface area (Å²) in [5.74, 6) is 1.95. The Labute approximate surface area is 145 Å². The van der Waals surface area contributed by atoms with Gasteiger partial charge in [-0.25, -0.2) is 9.97 Å². The smallest absolute Gasteiger partial charge is 0.288 e. The molecule has 2 N–H and O–H groups in total. The van der Waals surface area contributed by atoms with Crippen molar-refractivity contribution in [2.24, 2.45) is 0 Å². The molecule has 2 aromatic heterocycles. The number of aromatic amines is 1. The minimum atomic E-state index is -0.485. The van der Waals surface area contributed by atoms with Gasteiger partial charge in [-0.15, -0.1) is 0 Å². The Morgan fingerprint density at radius 3 is 2.79 bits per heavy atom. The number of halogens is 1. The Hall–Kier alpha value is -2.81. The summed E-state index contributed by atoms with van der Waals surface area (Å²) >= 11 is 3.27. The summed E-state index contributed by atoms with van der Waals surface area (Å²) in [6, 6.07) is 11.1. The minimum Gasteiger partial charge on any atom is -0.369 e. The maximum absolute atomic E-state index is 10.7. The number of nitrogens with one attached hydrogen (secondary N) is 2. The number of hydrogen-bond donors (Lipinski definition) is 2. The Morgan fingerprint density at radius 1 is 1.29 bits per heavy atom.